The van der Waals surface area contributed by atoms with Crippen molar-refractivity contribution in [3.05, 3.63) is 63.0 Å². The number of carbonyl (C=O) groups excluding carboxylic acids is 2. The van der Waals surface area contributed by atoms with Crippen LogP contribution in [-0.4, -0.2) is 53.5 Å². The summed E-state index contributed by atoms with van der Waals surface area (Å²) < 4.78 is 1.90. The van der Waals surface area contributed by atoms with E-state index in [2.05, 4.69) is 10.2 Å². The molecule has 5 rings (SSSR count). The highest BCUT2D eigenvalue weighted by Crippen LogP contribution is 2.35. The summed E-state index contributed by atoms with van der Waals surface area (Å²) in [6.45, 7) is 2.25. The Balaban J connectivity index is 1.34. The summed E-state index contributed by atoms with van der Waals surface area (Å²) in [5, 5.41) is 3.77. The van der Waals surface area contributed by atoms with Gasteiger partial charge in [0, 0.05) is 50.7 Å². The molecule has 1 N–H and O–H groups in total. The summed E-state index contributed by atoms with van der Waals surface area (Å²) in [6.07, 6.45) is 11.7. The molecule has 1 saturated heterocycles. The molecule has 7 nitrogen and oxygen atoms in total. The van der Waals surface area contributed by atoms with E-state index in [-0.39, 0.29) is 35.0 Å². The molecule has 1 aromatic carbocycles. The second-order valence-electron chi connectivity index (χ2n) is 9.99. The summed E-state index contributed by atoms with van der Waals surface area (Å²) in [4.78, 5) is 43.9. The van der Waals surface area contributed by atoms with Crippen LogP contribution >= 0.6 is 11.6 Å². The first-order chi connectivity index (χ1) is 17.0. The van der Waals surface area contributed by atoms with Crippen LogP contribution in [0.4, 0.5) is 5.69 Å². The molecule has 3 aliphatic rings. The number of anilines is 1. The van der Waals surface area contributed by atoms with Crippen LogP contribution in [0.5, 0.6) is 0 Å². The maximum Gasteiger partial charge on any atom is 0.259 e. The van der Waals surface area contributed by atoms with Gasteiger partial charge in [-0.1, -0.05) is 49.4 Å². The second-order valence-corrected chi connectivity index (χ2v) is 10.4. The Morgan fingerprint density at radius 1 is 0.857 bits per heavy atom. The van der Waals surface area contributed by atoms with Crippen molar-refractivity contribution >= 4 is 29.1 Å². The molecule has 2 amide bonds. The summed E-state index contributed by atoms with van der Waals surface area (Å²) in [6, 6.07) is 8.03. The number of pyridine rings is 1. The lowest BCUT2D eigenvalue weighted by Crippen LogP contribution is -2.50. The van der Waals surface area contributed by atoms with Gasteiger partial charge in [-0.15, -0.1) is 0 Å². The van der Waals surface area contributed by atoms with Crippen molar-refractivity contribution in [2.45, 2.75) is 63.5 Å². The molecule has 0 spiro atoms. The third-order valence-electron chi connectivity index (χ3n) is 7.44. The van der Waals surface area contributed by atoms with E-state index in [1.807, 2.05) is 28.8 Å². The van der Waals surface area contributed by atoms with Crippen molar-refractivity contribution < 1.29 is 9.59 Å². The van der Waals surface area contributed by atoms with Crippen LogP contribution in [0.3, 0.4) is 0 Å². The topological polar surface area (TPSA) is 74.7 Å². The number of nitrogens with one attached hydrogen (secondary N) is 1. The zero-order chi connectivity index (χ0) is 24.4. The molecular formula is C27H33ClN4O3. The maximum atomic E-state index is 13.5. The number of hydrogen-bond donors (Lipinski definition) is 1. The van der Waals surface area contributed by atoms with E-state index in [0.717, 1.165) is 44.2 Å². The molecule has 2 aromatic rings. The molecule has 2 saturated carbocycles. The monoisotopic (exact) mass is 496 g/mol. The van der Waals surface area contributed by atoms with E-state index in [1.54, 1.807) is 17.3 Å². The third-order valence-corrected chi connectivity index (χ3v) is 7.76. The van der Waals surface area contributed by atoms with Gasteiger partial charge in [0.2, 0.25) is 5.43 Å². The minimum absolute atomic E-state index is 0.0849. The fourth-order valence-electron chi connectivity index (χ4n) is 5.21. The second kappa shape index (κ2) is 10.4. The Morgan fingerprint density at radius 3 is 2.17 bits per heavy atom. The molecule has 0 radical (unpaired) electrons. The number of carbonyl (C=O) groups is 2. The van der Waals surface area contributed by atoms with E-state index < -0.39 is 5.43 Å². The lowest BCUT2D eigenvalue weighted by Gasteiger charge is -2.36. The maximum absolute atomic E-state index is 13.5. The number of nitrogens with zero attached hydrogens (tertiary/aromatic N) is 3. The first kappa shape index (κ1) is 23.9. The lowest BCUT2D eigenvalue weighted by atomic mass is 10.1. The van der Waals surface area contributed by atoms with Crippen molar-refractivity contribution in [2.75, 3.05) is 31.1 Å². The van der Waals surface area contributed by atoms with Gasteiger partial charge in [0.15, 0.2) is 0 Å². The number of aromatic nitrogens is 1. The van der Waals surface area contributed by atoms with Gasteiger partial charge in [-0.05, 0) is 37.8 Å². The lowest BCUT2D eigenvalue weighted by molar-refractivity contribution is 0.0744. The number of halogens is 1. The average Bonchev–Trinajstić information content (AvgIpc) is 3.73. The Bertz CT molecular complexity index is 1140. The molecule has 2 aliphatic carbocycles. The molecule has 35 heavy (non-hydrogen) atoms. The minimum atomic E-state index is -0.466. The Hall–Kier alpha value is -2.80. The van der Waals surface area contributed by atoms with Gasteiger partial charge in [-0.2, -0.15) is 0 Å². The van der Waals surface area contributed by atoms with E-state index >= 15 is 0 Å². The summed E-state index contributed by atoms with van der Waals surface area (Å²) in [5.41, 5.74) is 0.666. The van der Waals surface area contributed by atoms with Gasteiger partial charge < -0.3 is 19.7 Å². The number of amides is 2. The Kier molecular flexibility index (Phi) is 7.14. The van der Waals surface area contributed by atoms with Crippen LogP contribution in [0.1, 0.15) is 78.1 Å². The molecule has 1 aromatic heterocycles. The normalized spacial score (nSPS) is 19.3. The summed E-state index contributed by atoms with van der Waals surface area (Å²) in [7, 11) is 0. The summed E-state index contributed by atoms with van der Waals surface area (Å²) in [5.74, 6) is -0.651. The van der Waals surface area contributed by atoms with Crippen LogP contribution in [-0.2, 0) is 0 Å². The highest BCUT2D eigenvalue weighted by Gasteiger charge is 2.30. The highest BCUT2D eigenvalue weighted by molar-refractivity contribution is 6.33. The van der Waals surface area contributed by atoms with Crippen molar-refractivity contribution in [1.29, 1.82) is 0 Å². The number of para-hydroxylation sites is 1. The molecular weight excluding hydrogens is 464 g/mol. The van der Waals surface area contributed by atoms with Crippen LogP contribution in [0, 0.1) is 0 Å². The smallest absolute Gasteiger partial charge is 0.259 e. The van der Waals surface area contributed by atoms with Crippen LogP contribution in [0.2, 0.25) is 5.02 Å². The molecule has 3 fully saturated rings. The third kappa shape index (κ3) is 5.40. The number of benzene rings is 1. The van der Waals surface area contributed by atoms with Gasteiger partial charge in [-0.3, -0.25) is 14.4 Å². The highest BCUT2D eigenvalue weighted by atomic mass is 35.5. The van der Waals surface area contributed by atoms with Gasteiger partial charge in [0.1, 0.15) is 11.1 Å². The molecule has 0 bridgehead atoms. The van der Waals surface area contributed by atoms with Gasteiger partial charge in [0.05, 0.1) is 10.7 Å². The van der Waals surface area contributed by atoms with Gasteiger partial charge in [-0.25, -0.2) is 0 Å². The molecule has 0 atom stereocenters. The SMILES string of the molecule is O=C(NC1CCCCCC1)c1cn(C2CC2)cc(C(=O)N2CCN(c3ccccc3Cl)CC2)c1=O. The van der Waals surface area contributed by atoms with Crippen LogP contribution in [0.15, 0.2) is 41.5 Å². The largest absolute Gasteiger partial charge is 0.367 e. The van der Waals surface area contributed by atoms with E-state index in [0.29, 0.717) is 31.2 Å². The Morgan fingerprint density at radius 2 is 1.51 bits per heavy atom. The van der Waals surface area contributed by atoms with Crippen LogP contribution < -0.4 is 15.6 Å². The first-order valence-electron chi connectivity index (χ1n) is 12.9. The predicted molar refractivity (Wildman–Crippen MR) is 137 cm³/mol. The fourth-order valence-corrected chi connectivity index (χ4v) is 5.47. The van der Waals surface area contributed by atoms with Gasteiger partial charge in [0.25, 0.3) is 11.8 Å². The average molecular weight is 497 g/mol. The number of rotatable bonds is 5. The number of hydrogen-bond acceptors (Lipinski definition) is 4. The standard InChI is InChI=1S/C27H33ClN4O3/c28-23-9-5-6-10-24(23)30-13-15-31(16-14-30)27(35)22-18-32(20-11-12-20)17-21(25(22)33)26(34)29-19-7-3-1-2-4-8-19/h5-6,9-10,17-20H,1-4,7-8,11-16H2,(H,29,34). The van der Waals surface area contributed by atoms with Crippen molar-refractivity contribution in [1.82, 2.24) is 14.8 Å². The quantitative estimate of drug-likeness (QED) is 0.628. The summed E-state index contributed by atoms with van der Waals surface area (Å²) >= 11 is 6.35. The molecule has 1 aliphatic heterocycles. The molecule has 0 unspecified atom stereocenters. The van der Waals surface area contributed by atoms with E-state index in [9.17, 15) is 14.4 Å². The zero-order valence-corrected chi connectivity index (χ0v) is 20.8. The Labute approximate surface area is 211 Å². The van der Waals surface area contributed by atoms with Crippen molar-refractivity contribution in [2.24, 2.45) is 0 Å². The molecule has 186 valence electrons. The zero-order valence-electron chi connectivity index (χ0n) is 20.0. The van der Waals surface area contributed by atoms with Gasteiger partial charge >= 0.3 is 0 Å². The molecule has 8 heteroatoms. The minimum Gasteiger partial charge on any atom is -0.367 e. The van der Waals surface area contributed by atoms with Crippen LogP contribution in [0.25, 0.3) is 0 Å². The van der Waals surface area contributed by atoms with E-state index in [1.165, 1.54) is 12.8 Å². The number of piperazine rings is 1. The molecule has 2 heterocycles. The van der Waals surface area contributed by atoms with Crippen molar-refractivity contribution in [3.63, 3.8) is 0 Å². The van der Waals surface area contributed by atoms with E-state index in [4.69, 9.17) is 11.6 Å². The first-order valence-corrected chi connectivity index (χ1v) is 13.2. The fraction of sp³-hybridized carbons (Fsp3) is 0.519. The predicted octanol–water partition coefficient (Wildman–Crippen LogP) is 4.25. The van der Waals surface area contributed by atoms with Crippen molar-refractivity contribution in [3.8, 4) is 0 Å².